The van der Waals surface area contributed by atoms with Gasteiger partial charge in [0.25, 0.3) is 12.7 Å². The van der Waals surface area contributed by atoms with Gasteiger partial charge in [0.05, 0.1) is 0 Å². The summed E-state index contributed by atoms with van der Waals surface area (Å²) < 4.78 is 0. The fourth-order valence-electron chi connectivity index (χ4n) is 0.289. The maximum atomic E-state index is 3.36. The molecule has 0 saturated carbocycles. The van der Waals surface area contributed by atoms with Crippen LogP contribution >= 0.6 is 0 Å². The van der Waals surface area contributed by atoms with Gasteiger partial charge in [0.2, 0.25) is 0 Å². The third-order valence-electron chi connectivity index (χ3n) is 0.589. The van der Waals surface area contributed by atoms with Gasteiger partial charge in [0.15, 0.2) is 10.4 Å². The Morgan fingerprint density at radius 2 is 1.25 bits per heavy atom. The number of H-pyrrole nitrogens is 4. The average molecular weight is 302 g/mol. The monoisotopic (exact) mass is 300 g/mol. The molecule has 12 heavy (non-hydrogen) atoms. The van der Waals surface area contributed by atoms with E-state index in [9.17, 15) is 0 Å². The van der Waals surface area contributed by atoms with Crippen LogP contribution < -0.4 is 44.2 Å². The lowest BCUT2D eigenvalue weighted by atomic mass is 11.4. The van der Waals surface area contributed by atoms with Crippen LogP contribution in [0.3, 0.4) is 0 Å². The molecule has 0 aromatic carbocycles. The van der Waals surface area contributed by atoms with Gasteiger partial charge in [-0.1, -0.05) is 10.4 Å². The molecule has 68 valence electrons. The lowest BCUT2D eigenvalue weighted by molar-refractivity contribution is -0.456. The van der Waals surface area contributed by atoms with Gasteiger partial charge in [-0.2, -0.15) is 10.2 Å². The first-order valence-electron chi connectivity index (χ1n) is 2.44. The highest BCUT2D eigenvalue weighted by Crippen LogP contribution is 1.33. The minimum Gasteiger partial charge on any atom is -1.00 e. The van der Waals surface area contributed by atoms with Crippen LogP contribution in [-0.2, 0) is 0 Å². The van der Waals surface area contributed by atoms with Crippen molar-refractivity contribution in [3.8, 4) is 0 Å². The highest BCUT2D eigenvalue weighted by molar-refractivity contribution is 4.07. The van der Waals surface area contributed by atoms with E-state index in [2.05, 4.69) is 41.2 Å². The summed E-state index contributed by atoms with van der Waals surface area (Å²) in [4.78, 5) is 0. The number of hydrogen-bond donors (Lipinski definition) is 2. The minimum atomic E-state index is 0. The molecule has 0 bridgehead atoms. The Labute approximate surface area is 88.1 Å². The van der Waals surface area contributed by atoms with E-state index in [1.54, 1.807) is 0 Å². The Morgan fingerprint density at radius 3 is 1.33 bits per heavy atom. The van der Waals surface area contributed by atoms with Gasteiger partial charge >= 0.3 is 0 Å². The molecule has 8 nitrogen and oxygen atoms in total. The minimum absolute atomic E-state index is 0. The van der Waals surface area contributed by atoms with Crippen molar-refractivity contribution in [1.29, 1.82) is 0 Å². The van der Waals surface area contributed by atoms with Crippen LogP contribution in [0.5, 0.6) is 0 Å². The van der Waals surface area contributed by atoms with E-state index in [0.717, 1.165) is 0 Å². The second-order valence-corrected chi connectivity index (χ2v) is 1.20. The van der Waals surface area contributed by atoms with Crippen LogP contribution in [0.25, 0.3) is 0 Å². The number of hydrogen-bond acceptors (Lipinski definition) is 4. The van der Waals surface area contributed by atoms with E-state index in [1.165, 1.54) is 12.7 Å². The lowest BCUT2D eigenvalue weighted by Gasteiger charge is -1.36. The van der Waals surface area contributed by atoms with Crippen LogP contribution in [0.1, 0.15) is 0 Å². The summed E-state index contributed by atoms with van der Waals surface area (Å²) in [5.74, 6) is 0. The largest absolute Gasteiger partial charge is 1.00 e. The van der Waals surface area contributed by atoms with Gasteiger partial charge in [-0.25, -0.2) is 0 Å². The van der Waals surface area contributed by atoms with Crippen molar-refractivity contribution in [2.24, 2.45) is 0 Å². The number of tetrazole rings is 2. The molecule has 2 heterocycles. The van der Waals surface area contributed by atoms with Gasteiger partial charge < -0.3 is 34.0 Å². The summed E-state index contributed by atoms with van der Waals surface area (Å²) in [7, 11) is 0. The molecule has 0 fully saturated rings. The lowest BCUT2D eigenvalue weighted by Crippen LogP contribution is -3.00. The van der Waals surface area contributed by atoms with Gasteiger partial charge in [0.1, 0.15) is 10.2 Å². The maximum absolute atomic E-state index is 3.36. The van der Waals surface area contributed by atoms with Gasteiger partial charge in [-0.05, 0) is 0 Å². The number of aromatic amines is 4. The van der Waals surface area contributed by atoms with Crippen molar-refractivity contribution in [3.05, 3.63) is 12.7 Å². The molecule has 0 amide bonds. The first kappa shape index (κ1) is 13.7. The second-order valence-electron chi connectivity index (χ2n) is 1.20. The Bertz CT molecular complexity index is 154. The standard InChI is InChI=1S/2CH2N4.2BrH/c2*1-2-4-5-3-1;;/h2*1H,(H,2,3,4,5);2*1H. The molecule has 0 aliphatic heterocycles. The SMILES string of the molecule is [Br-].[Br-].c1nn[nH][nH+]1.c1nn[nH][nH+]1. The molecule has 2 aromatic rings. The molecule has 10 heteroatoms. The highest BCUT2D eigenvalue weighted by atomic mass is 79.9. The zero-order chi connectivity index (χ0) is 7.07. The average Bonchev–Trinajstić information content (AvgIpc) is 2.67. The molecule has 0 aliphatic carbocycles. The van der Waals surface area contributed by atoms with Crippen molar-refractivity contribution >= 4 is 0 Å². The fraction of sp³-hybridized carbons (Fsp3) is 0. The Morgan fingerprint density at radius 1 is 0.833 bits per heavy atom. The quantitative estimate of drug-likeness (QED) is 0.503. The molecule has 0 radical (unpaired) electrons. The van der Waals surface area contributed by atoms with Crippen LogP contribution in [0.4, 0.5) is 0 Å². The molecular formula is C2H6Br2N8. The third kappa shape index (κ3) is 7.21. The fourth-order valence-corrected chi connectivity index (χ4v) is 0.289. The Kier molecular flexibility index (Phi) is 11.5. The summed E-state index contributed by atoms with van der Waals surface area (Å²) in [6, 6.07) is 0. The normalized spacial score (nSPS) is 6.67. The maximum Gasteiger partial charge on any atom is 0.286 e. The summed E-state index contributed by atoms with van der Waals surface area (Å²) in [5, 5.41) is 23.1. The molecule has 0 spiro atoms. The van der Waals surface area contributed by atoms with E-state index in [-0.39, 0.29) is 34.0 Å². The van der Waals surface area contributed by atoms with Crippen LogP contribution in [-0.4, -0.2) is 31.1 Å². The summed E-state index contributed by atoms with van der Waals surface area (Å²) in [6.45, 7) is 0. The van der Waals surface area contributed by atoms with Gasteiger partial charge in [-0.15, -0.1) is 0 Å². The molecule has 0 saturated heterocycles. The topological polar surface area (TPSA) is 111 Å². The molecule has 0 unspecified atom stereocenters. The Balaban J connectivity index is 0. The third-order valence-corrected chi connectivity index (χ3v) is 0.589. The zero-order valence-electron chi connectivity index (χ0n) is 5.70. The summed E-state index contributed by atoms with van der Waals surface area (Å²) in [5.41, 5.74) is 0. The van der Waals surface area contributed by atoms with Crippen LogP contribution in [0.15, 0.2) is 12.7 Å². The first-order chi connectivity index (χ1) is 5.00. The van der Waals surface area contributed by atoms with Crippen LogP contribution in [0.2, 0.25) is 0 Å². The summed E-state index contributed by atoms with van der Waals surface area (Å²) >= 11 is 0. The van der Waals surface area contributed by atoms with E-state index in [0.29, 0.717) is 0 Å². The molecule has 2 rings (SSSR count). The molecule has 0 atom stereocenters. The number of aromatic nitrogens is 8. The Hall–Kier alpha value is -0.900. The molecular weight excluding hydrogens is 296 g/mol. The summed E-state index contributed by atoms with van der Waals surface area (Å²) in [6.07, 6.45) is 2.92. The second kappa shape index (κ2) is 10.1. The smallest absolute Gasteiger partial charge is 0.286 e. The van der Waals surface area contributed by atoms with Crippen LogP contribution in [0, 0.1) is 0 Å². The van der Waals surface area contributed by atoms with Crippen molar-refractivity contribution in [2.45, 2.75) is 0 Å². The van der Waals surface area contributed by atoms with Crippen molar-refractivity contribution in [2.75, 3.05) is 0 Å². The molecule has 2 aromatic heterocycles. The van der Waals surface area contributed by atoms with E-state index < -0.39 is 0 Å². The van der Waals surface area contributed by atoms with Gasteiger partial charge in [0, 0.05) is 0 Å². The van der Waals surface area contributed by atoms with Crippen molar-refractivity contribution in [1.82, 2.24) is 31.1 Å². The van der Waals surface area contributed by atoms with E-state index >= 15 is 0 Å². The van der Waals surface area contributed by atoms with E-state index in [1.807, 2.05) is 0 Å². The number of halogens is 2. The number of nitrogens with zero attached hydrogens (tertiary/aromatic N) is 4. The predicted octanol–water partition coefficient (Wildman–Crippen LogP) is -8.75. The van der Waals surface area contributed by atoms with Crippen molar-refractivity contribution < 1.29 is 44.2 Å². The zero-order valence-corrected chi connectivity index (χ0v) is 8.87. The number of rotatable bonds is 0. The predicted molar refractivity (Wildman–Crippen MR) is 25.9 cm³/mol. The number of nitrogens with one attached hydrogen (secondary N) is 4. The van der Waals surface area contributed by atoms with E-state index in [4.69, 9.17) is 0 Å². The molecule has 4 N–H and O–H groups in total. The van der Waals surface area contributed by atoms with Gasteiger partial charge in [-0.3, -0.25) is 0 Å². The molecule has 0 aliphatic rings. The van der Waals surface area contributed by atoms with Crippen molar-refractivity contribution in [3.63, 3.8) is 0 Å². The first-order valence-corrected chi connectivity index (χ1v) is 2.44. The highest BCUT2D eigenvalue weighted by Gasteiger charge is 1.72.